The molecule has 0 fully saturated rings. The summed E-state index contributed by atoms with van der Waals surface area (Å²) in [4.78, 5) is 0.115. The number of nitrogens with zero attached hydrogens (tertiary/aromatic N) is 1. The number of rotatable bonds is 6. The predicted octanol–water partition coefficient (Wildman–Crippen LogP) is -0.232. The monoisotopic (exact) mass is 377 g/mol. The standard InChI is InChI=1S/C17H20N4O4S/c1-11-4-5-12(2)16(8-11)26(22,23)25-14-7-6-13(9-15(14)24-3)10-20-21-17(18)19/h4-10H,1-3H3,(H4,18,19,21)/p+1/b20-10+. The van der Waals surface area contributed by atoms with E-state index in [0.717, 1.165) is 5.56 Å². The van der Waals surface area contributed by atoms with Gasteiger partial charge in [0.25, 0.3) is 5.96 Å². The third-order valence-electron chi connectivity index (χ3n) is 3.43. The van der Waals surface area contributed by atoms with E-state index in [4.69, 9.17) is 20.4 Å². The van der Waals surface area contributed by atoms with Crippen molar-refractivity contribution in [2.24, 2.45) is 16.6 Å². The molecule has 0 aliphatic heterocycles. The minimum atomic E-state index is -4.00. The lowest BCUT2D eigenvalue weighted by Crippen LogP contribution is -2.63. The Morgan fingerprint density at radius 3 is 2.50 bits per heavy atom. The van der Waals surface area contributed by atoms with Crippen molar-refractivity contribution in [3.05, 3.63) is 53.1 Å². The van der Waals surface area contributed by atoms with Gasteiger partial charge in [-0.15, -0.1) is 5.10 Å². The molecule has 0 unspecified atom stereocenters. The van der Waals surface area contributed by atoms with Crippen molar-refractivity contribution >= 4 is 22.3 Å². The second kappa shape index (κ2) is 7.87. The molecule has 0 aliphatic carbocycles. The van der Waals surface area contributed by atoms with Crippen LogP contribution in [-0.4, -0.2) is 27.7 Å². The Bertz CT molecular complexity index is 965. The lowest BCUT2D eigenvalue weighted by atomic mass is 10.2. The van der Waals surface area contributed by atoms with Gasteiger partial charge in [-0.05, 0) is 49.2 Å². The lowest BCUT2D eigenvalue weighted by Gasteiger charge is -2.12. The molecule has 26 heavy (non-hydrogen) atoms. The van der Waals surface area contributed by atoms with Crippen molar-refractivity contribution in [2.45, 2.75) is 18.7 Å². The normalized spacial score (nSPS) is 11.3. The maximum Gasteiger partial charge on any atom is 0.339 e. The van der Waals surface area contributed by atoms with Gasteiger partial charge in [0.05, 0.1) is 7.11 Å². The molecule has 0 radical (unpaired) electrons. The summed E-state index contributed by atoms with van der Waals surface area (Å²) in [6.07, 6.45) is 1.52. The molecule has 8 nitrogen and oxygen atoms in total. The van der Waals surface area contributed by atoms with Crippen LogP contribution in [0.3, 0.4) is 0 Å². The highest BCUT2D eigenvalue weighted by atomic mass is 32.2. The summed E-state index contributed by atoms with van der Waals surface area (Å²) in [5.41, 5.74) is 12.5. The maximum absolute atomic E-state index is 12.6. The van der Waals surface area contributed by atoms with Crippen molar-refractivity contribution in [1.29, 1.82) is 0 Å². The van der Waals surface area contributed by atoms with E-state index in [1.165, 1.54) is 19.4 Å². The zero-order valence-electron chi connectivity index (χ0n) is 14.7. The van der Waals surface area contributed by atoms with Gasteiger partial charge in [-0.1, -0.05) is 12.1 Å². The van der Waals surface area contributed by atoms with E-state index in [9.17, 15) is 8.42 Å². The van der Waals surface area contributed by atoms with Crippen LogP contribution in [0.2, 0.25) is 0 Å². The number of hydrogen-bond donors (Lipinski definition) is 3. The fourth-order valence-electron chi connectivity index (χ4n) is 2.16. The Balaban J connectivity index is 2.35. The van der Waals surface area contributed by atoms with Gasteiger partial charge >= 0.3 is 10.1 Å². The second-order valence-corrected chi connectivity index (χ2v) is 7.04. The number of nitrogens with two attached hydrogens (primary N) is 2. The van der Waals surface area contributed by atoms with Crippen LogP contribution >= 0.6 is 0 Å². The third kappa shape index (κ3) is 4.73. The van der Waals surface area contributed by atoms with Crippen molar-refractivity contribution in [1.82, 2.24) is 0 Å². The van der Waals surface area contributed by atoms with Gasteiger partial charge in [0.1, 0.15) is 4.90 Å². The number of benzene rings is 2. The van der Waals surface area contributed by atoms with Gasteiger partial charge < -0.3 is 20.4 Å². The first kappa shape index (κ1) is 19.3. The number of ether oxygens (including phenoxy) is 1. The number of methoxy groups -OCH3 is 1. The van der Waals surface area contributed by atoms with Gasteiger partial charge in [-0.25, -0.2) is 0 Å². The van der Waals surface area contributed by atoms with Crippen LogP contribution in [0.4, 0.5) is 0 Å². The molecule has 0 aliphatic rings. The minimum Gasteiger partial charge on any atom is -0.493 e. The molecule has 0 saturated carbocycles. The zero-order chi connectivity index (χ0) is 19.3. The topological polar surface area (TPSA) is 131 Å². The Morgan fingerprint density at radius 1 is 1.12 bits per heavy atom. The van der Waals surface area contributed by atoms with Crippen LogP contribution in [0.5, 0.6) is 11.5 Å². The SMILES string of the molecule is COc1cc(/C=[NH+]/N=C(N)N)ccc1OS(=O)(=O)c1cc(C)ccc1C. The Labute approximate surface area is 152 Å². The summed E-state index contributed by atoms with van der Waals surface area (Å²) in [5, 5.41) is 6.17. The average Bonchev–Trinajstić information content (AvgIpc) is 2.57. The van der Waals surface area contributed by atoms with Crippen LogP contribution in [0, 0.1) is 13.8 Å². The first-order valence-corrected chi connectivity index (χ1v) is 9.01. The number of hydrazone groups is 1. The minimum absolute atomic E-state index is 0.0763. The van der Waals surface area contributed by atoms with Crippen LogP contribution in [-0.2, 0) is 10.1 Å². The highest BCUT2D eigenvalue weighted by molar-refractivity contribution is 7.87. The van der Waals surface area contributed by atoms with Gasteiger partial charge in [-0.2, -0.15) is 8.42 Å². The first-order chi connectivity index (χ1) is 12.2. The van der Waals surface area contributed by atoms with E-state index < -0.39 is 10.1 Å². The molecule has 0 aromatic heterocycles. The van der Waals surface area contributed by atoms with E-state index in [1.807, 2.05) is 13.0 Å². The van der Waals surface area contributed by atoms with E-state index in [-0.39, 0.29) is 22.4 Å². The summed E-state index contributed by atoms with van der Waals surface area (Å²) in [6, 6.07) is 9.84. The van der Waals surface area contributed by atoms with Crippen LogP contribution in [0.15, 0.2) is 46.4 Å². The second-order valence-electron chi connectivity index (χ2n) is 5.53. The highest BCUT2D eigenvalue weighted by Crippen LogP contribution is 2.31. The summed E-state index contributed by atoms with van der Waals surface area (Å²) in [6.45, 7) is 3.52. The highest BCUT2D eigenvalue weighted by Gasteiger charge is 2.21. The van der Waals surface area contributed by atoms with Crippen LogP contribution < -0.4 is 25.5 Å². The van der Waals surface area contributed by atoms with Crippen LogP contribution in [0.25, 0.3) is 0 Å². The smallest absolute Gasteiger partial charge is 0.339 e. The molecule has 5 N–H and O–H groups in total. The van der Waals surface area contributed by atoms with E-state index in [2.05, 4.69) is 10.2 Å². The molecular weight excluding hydrogens is 356 g/mol. The number of nitrogens with one attached hydrogen (secondary N) is 1. The fraction of sp³-hybridized carbons (Fsp3) is 0.176. The molecule has 0 heterocycles. The molecule has 2 aromatic carbocycles. The summed E-state index contributed by atoms with van der Waals surface area (Å²) in [7, 11) is -2.58. The van der Waals surface area contributed by atoms with Gasteiger partial charge in [0.15, 0.2) is 11.5 Å². The molecular formula is C17H21N4O4S+. The van der Waals surface area contributed by atoms with Crippen molar-refractivity contribution in [2.75, 3.05) is 7.11 Å². The molecule has 9 heteroatoms. The fourth-order valence-corrected chi connectivity index (χ4v) is 3.42. The average molecular weight is 377 g/mol. The van der Waals surface area contributed by atoms with Gasteiger partial charge in [0, 0.05) is 10.7 Å². The summed E-state index contributed by atoms with van der Waals surface area (Å²) < 4.78 is 35.8. The van der Waals surface area contributed by atoms with E-state index in [0.29, 0.717) is 11.1 Å². The molecule has 2 aromatic rings. The molecule has 0 bridgehead atoms. The molecule has 138 valence electrons. The van der Waals surface area contributed by atoms with Crippen LogP contribution in [0.1, 0.15) is 16.7 Å². The van der Waals surface area contributed by atoms with Crippen molar-refractivity contribution in [3.8, 4) is 11.5 Å². The summed E-state index contributed by atoms with van der Waals surface area (Å²) in [5.74, 6) is 0.208. The third-order valence-corrected chi connectivity index (χ3v) is 4.80. The number of hydrogen-bond acceptors (Lipinski definition) is 5. The number of aryl methyl sites for hydroxylation is 2. The quantitative estimate of drug-likeness (QED) is 0.276. The van der Waals surface area contributed by atoms with E-state index in [1.54, 1.807) is 31.2 Å². The molecule has 0 saturated heterocycles. The first-order valence-electron chi connectivity index (χ1n) is 7.60. The van der Waals surface area contributed by atoms with Crippen molar-refractivity contribution < 1.29 is 22.4 Å². The number of guanidine groups is 1. The Morgan fingerprint density at radius 2 is 1.85 bits per heavy atom. The predicted molar refractivity (Wildman–Crippen MR) is 98.7 cm³/mol. The largest absolute Gasteiger partial charge is 0.493 e. The zero-order valence-corrected chi connectivity index (χ0v) is 15.5. The Kier molecular flexibility index (Phi) is 5.83. The summed E-state index contributed by atoms with van der Waals surface area (Å²) >= 11 is 0. The molecule has 0 atom stereocenters. The Hall–Kier alpha value is -3.07. The van der Waals surface area contributed by atoms with E-state index >= 15 is 0 Å². The van der Waals surface area contributed by atoms with Gasteiger partial charge in [-0.3, -0.25) is 0 Å². The van der Waals surface area contributed by atoms with Gasteiger partial charge in [0.2, 0.25) is 6.21 Å². The lowest BCUT2D eigenvalue weighted by molar-refractivity contribution is -0.456. The molecule has 0 amide bonds. The molecule has 0 spiro atoms. The molecule has 2 rings (SSSR count). The van der Waals surface area contributed by atoms with Crippen molar-refractivity contribution in [3.63, 3.8) is 0 Å². The maximum atomic E-state index is 12.6.